The molecule has 2 heterocycles. The zero-order chi connectivity index (χ0) is 12.5. The summed E-state index contributed by atoms with van der Waals surface area (Å²) >= 11 is 0. The van der Waals surface area contributed by atoms with Gasteiger partial charge in [0.2, 0.25) is 0 Å². The number of aliphatic hydroxyl groups is 1. The van der Waals surface area contributed by atoms with Crippen molar-refractivity contribution in [1.82, 2.24) is 4.90 Å². The highest BCUT2D eigenvalue weighted by Gasteiger charge is 2.42. The van der Waals surface area contributed by atoms with Gasteiger partial charge in [0.15, 0.2) is 0 Å². The van der Waals surface area contributed by atoms with E-state index in [0.717, 1.165) is 39.1 Å². The molecule has 4 heteroatoms. The molecule has 4 nitrogen and oxygen atoms in total. The molecular weight excluding hydrogens is 218 g/mol. The van der Waals surface area contributed by atoms with Crippen molar-refractivity contribution in [1.29, 1.82) is 0 Å². The lowest BCUT2D eigenvalue weighted by Crippen LogP contribution is -2.50. The fraction of sp³-hybridized carbons (Fsp3) is 1.00. The molecule has 2 rings (SSSR count). The topological polar surface area (TPSA) is 41.9 Å². The van der Waals surface area contributed by atoms with Crippen LogP contribution in [0.3, 0.4) is 0 Å². The van der Waals surface area contributed by atoms with Gasteiger partial charge in [-0.1, -0.05) is 0 Å². The minimum absolute atomic E-state index is 0.0449. The van der Waals surface area contributed by atoms with Gasteiger partial charge in [-0.05, 0) is 33.7 Å². The molecule has 0 radical (unpaired) electrons. The van der Waals surface area contributed by atoms with Crippen molar-refractivity contribution in [2.45, 2.75) is 50.4 Å². The van der Waals surface area contributed by atoms with Crippen LogP contribution in [0.1, 0.15) is 33.1 Å². The maximum absolute atomic E-state index is 9.88. The quantitative estimate of drug-likeness (QED) is 0.804. The van der Waals surface area contributed by atoms with Gasteiger partial charge >= 0.3 is 0 Å². The molecule has 2 atom stereocenters. The first kappa shape index (κ1) is 13.3. The van der Waals surface area contributed by atoms with Crippen molar-refractivity contribution in [2.24, 2.45) is 0 Å². The zero-order valence-corrected chi connectivity index (χ0v) is 11.2. The third-order valence-electron chi connectivity index (χ3n) is 3.79. The third-order valence-corrected chi connectivity index (χ3v) is 3.79. The summed E-state index contributed by atoms with van der Waals surface area (Å²) < 4.78 is 11.4. The lowest BCUT2D eigenvalue weighted by Gasteiger charge is -2.42. The number of hydrogen-bond acceptors (Lipinski definition) is 4. The summed E-state index contributed by atoms with van der Waals surface area (Å²) in [6.45, 7) is 6.79. The molecule has 0 aliphatic carbocycles. The first-order valence-corrected chi connectivity index (χ1v) is 6.55. The lowest BCUT2D eigenvalue weighted by atomic mass is 9.88. The van der Waals surface area contributed by atoms with Crippen molar-refractivity contribution in [3.63, 3.8) is 0 Å². The first-order valence-electron chi connectivity index (χ1n) is 6.55. The second-order valence-corrected chi connectivity index (χ2v) is 6.21. The monoisotopic (exact) mass is 243 g/mol. The van der Waals surface area contributed by atoms with E-state index in [1.54, 1.807) is 0 Å². The van der Waals surface area contributed by atoms with Crippen molar-refractivity contribution in [2.75, 3.05) is 33.4 Å². The van der Waals surface area contributed by atoms with Crippen LogP contribution in [-0.2, 0) is 9.47 Å². The third kappa shape index (κ3) is 3.41. The van der Waals surface area contributed by atoms with Crippen LogP contribution in [0.5, 0.6) is 0 Å². The molecular formula is C13H25NO3. The SMILES string of the molecule is CN(CC(C)(C)O)C1CCOC2(CCOC2)C1. The lowest BCUT2D eigenvalue weighted by molar-refractivity contribution is -0.109. The summed E-state index contributed by atoms with van der Waals surface area (Å²) in [6.07, 6.45) is 3.09. The van der Waals surface area contributed by atoms with Crippen LogP contribution in [0.2, 0.25) is 0 Å². The first-order chi connectivity index (χ1) is 7.90. The second-order valence-electron chi connectivity index (χ2n) is 6.21. The maximum Gasteiger partial charge on any atom is 0.0951 e. The number of likely N-dealkylation sites (N-methyl/N-ethyl adjacent to an activating group) is 1. The Bertz CT molecular complexity index is 256. The van der Waals surface area contributed by atoms with Crippen molar-refractivity contribution < 1.29 is 14.6 Å². The normalized spacial score (nSPS) is 34.8. The minimum atomic E-state index is -0.633. The zero-order valence-electron chi connectivity index (χ0n) is 11.2. The molecule has 2 saturated heterocycles. The molecule has 0 bridgehead atoms. The minimum Gasteiger partial charge on any atom is -0.389 e. The van der Waals surface area contributed by atoms with E-state index in [4.69, 9.17) is 9.47 Å². The largest absolute Gasteiger partial charge is 0.389 e. The van der Waals surface area contributed by atoms with Gasteiger partial charge in [-0.15, -0.1) is 0 Å². The Morgan fingerprint density at radius 2 is 2.18 bits per heavy atom. The molecule has 2 fully saturated rings. The smallest absolute Gasteiger partial charge is 0.0951 e. The van der Waals surface area contributed by atoms with Crippen LogP contribution in [-0.4, -0.2) is 60.7 Å². The van der Waals surface area contributed by atoms with Gasteiger partial charge in [0.05, 0.1) is 17.8 Å². The van der Waals surface area contributed by atoms with Crippen LogP contribution in [0, 0.1) is 0 Å². The van der Waals surface area contributed by atoms with Gasteiger partial charge in [-0.25, -0.2) is 0 Å². The Morgan fingerprint density at radius 1 is 1.41 bits per heavy atom. The predicted molar refractivity (Wildman–Crippen MR) is 66.1 cm³/mol. The number of ether oxygens (including phenoxy) is 2. The number of hydrogen-bond donors (Lipinski definition) is 1. The van der Waals surface area contributed by atoms with Gasteiger partial charge in [0, 0.05) is 32.2 Å². The van der Waals surface area contributed by atoms with Gasteiger partial charge in [0.1, 0.15) is 0 Å². The van der Waals surface area contributed by atoms with Gasteiger partial charge in [0.25, 0.3) is 0 Å². The Hall–Kier alpha value is -0.160. The highest BCUT2D eigenvalue weighted by molar-refractivity contribution is 4.93. The van der Waals surface area contributed by atoms with Crippen LogP contribution < -0.4 is 0 Å². The summed E-state index contributed by atoms with van der Waals surface area (Å²) in [7, 11) is 2.09. The standard InChI is InChI=1S/C13H25NO3/c1-12(2,15)9-14(3)11-4-6-17-13(8-11)5-7-16-10-13/h11,15H,4-10H2,1-3H3. The molecule has 2 aliphatic heterocycles. The maximum atomic E-state index is 9.88. The summed E-state index contributed by atoms with van der Waals surface area (Å²) in [6, 6.07) is 0.497. The summed E-state index contributed by atoms with van der Waals surface area (Å²) in [5.74, 6) is 0. The fourth-order valence-electron chi connectivity index (χ4n) is 2.98. The van der Waals surface area contributed by atoms with Crippen molar-refractivity contribution in [3.05, 3.63) is 0 Å². The van der Waals surface area contributed by atoms with E-state index in [0.29, 0.717) is 12.6 Å². The molecule has 1 spiro atoms. The second kappa shape index (κ2) is 4.84. The number of nitrogens with zero attached hydrogens (tertiary/aromatic N) is 1. The van der Waals surface area contributed by atoms with Gasteiger partial charge in [-0.2, -0.15) is 0 Å². The Kier molecular flexibility index (Phi) is 3.78. The molecule has 0 saturated carbocycles. The molecule has 1 N–H and O–H groups in total. The van der Waals surface area contributed by atoms with Crippen LogP contribution >= 0.6 is 0 Å². The van der Waals surface area contributed by atoms with Crippen molar-refractivity contribution >= 4 is 0 Å². The van der Waals surface area contributed by atoms with Crippen LogP contribution in [0.4, 0.5) is 0 Å². The van der Waals surface area contributed by atoms with E-state index in [2.05, 4.69) is 11.9 Å². The van der Waals surface area contributed by atoms with E-state index in [9.17, 15) is 5.11 Å². The Morgan fingerprint density at radius 3 is 2.76 bits per heavy atom. The van der Waals surface area contributed by atoms with E-state index in [1.165, 1.54) is 0 Å². The number of rotatable bonds is 3. The summed E-state index contributed by atoms with van der Waals surface area (Å²) in [5.41, 5.74) is -0.677. The van der Waals surface area contributed by atoms with E-state index in [-0.39, 0.29) is 5.60 Å². The average Bonchev–Trinajstić information content (AvgIpc) is 2.64. The average molecular weight is 243 g/mol. The Balaban J connectivity index is 1.92. The molecule has 0 amide bonds. The van der Waals surface area contributed by atoms with Crippen molar-refractivity contribution in [3.8, 4) is 0 Å². The summed E-state index contributed by atoms with van der Waals surface area (Å²) in [5, 5.41) is 9.88. The fourth-order valence-corrected chi connectivity index (χ4v) is 2.98. The highest BCUT2D eigenvalue weighted by Crippen LogP contribution is 2.34. The van der Waals surface area contributed by atoms with E-state index >= 15 is 0 Å². The predicted octanol–water partition coefficient (Wildman–Crippen LogP) is 1.03. The molecule has 0 aromatic heterocycles. The molecule has 0 aromatic rings. The summed E-state index contributed by atoms with van der Waals surface area (Å²) in [4.78, 5) is 2.27. The van der Waals surface area contributed by atoms with Gasteiger partial charge in [-0.3, -0.25) is 0 Å². The molecule has 17 heavy (non-hydrogen) atoms. The van der Waals surface area contributed by atoms with Gasteiger partial charge < -0.3 is 19.5 Å². The molecule has 2 aliphatic rings. The van der Waals surface area contributed by atoms with Crippen LogP contribution in [0.15, 0.2) is 0 Å². The molecule has 100 valence electrons. The molecule has 2 unspecified atom stereocenters. The van der Waals surface area contributed by atoms with E-state index < -0.39 is 5.60 Å². The molecule has 0 aromatic carbocycles. The van der Waals surface area contributed by atoms with Crippen LogP contribution in [0.25, 0.3) is 0 Å². The van der Waals surface area contributed by atoms with E-state index in [1.807, 2.05) is 13.8 Å². The highest BCUT2D eigenvalue weighted by atomic mass is 16.6. The Labute approximate surface area is 104 Å².